The lowest BCUT2D eigenvalue weighted by molar-refractivity contribution is 0.0112. The molecule has 0 amide bonds. The van der Waals surface area contributed by atoms with Crippen LogP contribution in [0.5, 0.6) is 5.75 Å². The first-order chi connectivity index (χ1) is 14.1. The molecule has 0 saturated carbocycles. The fourth-order valence-electron chi connectivity index (χ4n) is 4.68. The van der Waals surface area contributed by atoms with Gasteiger partial charge in [0.05, 0.1) is 25.5 Å². The van der Waals surface area contributed by atoms with Gasteiger partial charge in [-0.15, -0.1) is 0 Å². The number of aromatic nitrogens is 2. The number of nitrogens with one attached hydrogen (secondary N) is 1. The largest absolute Gasteiger partial charge is 0.496 e. The number of para-hydroxylation sites is 1. The minimum absolute atomic E-state index is 0.0641. The number of halogens is 2. The van der Waals surface area contributed by atoms with E-state index in [1.165, 1.54) is 25.7 Å². The second-order valence-corrected chi connectivity index (χ2v) is 8.30. The fourth-order valence-corrected chi connectivity index (χ4v) is 4.68. The molecule has 5 nitrogen and oxygen atoms in total. The van der Waals surface area contributed by atoms with Gasteiger partial charge < -0.3 is 9.64 Å². The maximum Gasteiger partial charge on any atom is 0.262 e. The number of likely N-dealkylation sites (tertiary alicyclic amines) is 2. The molecule has 0 spiro atoms. The van der Waals surface area contributed by atoms with Crippen molar-refractivity contribution in [2.45, 2.75) is 50.6 Å². The SMILES string of the molecule is COc1ccccc1-c1[nH]ncc1CN1CC(F)(F)C[C@H]1CN1CCCCCC1. The van der Waals surface area contributed by atoms with Crippen molar-refractivity contribution in [1.82, 2.24) is 20.0 Å². The molecule has 158 valence electrons. The zero-order chi connectivity index (χ0) is 20.3. The Bertz CT molecular complexity index is 802. The van der Waals surface area contributed by atoms with Crippen molar-refractivity contribution >= 4 is 0 Å². The molecule has 4 rings (SSSR count). The Balaban J connectivity index is 1.52. The van der Waals surface area contributed by atoms with Crippen molar-refractivity contribution in [2.24, 2.45) is 0 Å². The second-order valence-electron chi connectivity index (χ2n) is 8.30. The highest BCUT2D eigenvalue weighted by molar-refractivity contribution is 5.69. The second kappa shape index (κ2) is 8.79. The van der Waals surface area contributed by atoms with Crippen LogP contribution in [0.2, 0.25) is 0 Å². The summed E-state index contributed by atoms with van der Waals surface area (Å²) in [5, 5.41) is 7.24. The lowest BCUT2D eigenvalue weighted by Gasteiger charge is -2.29. The minimum atomic E-state index is -2.63. The third-order valence-corrected chi connectivity index (χ3v) is 6.12. The Morgan fingerprint density at radius 3 is 2.69 bits per heavy atom. The van der Waals surface area contributed by atoms with E-state index in [9.17, 15) is 8.78 Å². The summed E-state index contributed by atoms with van der Waals surface area (Å²) in [5.41, 5.74) is 2.66. The van der Waals surface area contributed by atoms with Gasteiger partial charge in [0.1, 0.15) is 5.75 Å². The van der Waals surface area contributed by atoms with Crippen LogP contribution in [-0.4, -0.2) is 65.3 Å². The predicted octanol–water partition coefficient (Wildman–Crippen LogP) is 4.17. The molecule has 1 N–H and O–H groups in total. The van der Waals surface area contributed by atoms with E-state index in [2.05, 4.69) is 15.1 Å². The van der Waals surface area contributed by atoms with Gasteiger partial charge >= 0.3 is 0 Å². The smallest absolute Gasteiger partial charge is 0.262 e. The van der Waals surface area contributed by atoms with E-state index in [1.807, 2.05) is 29.2 Å². The minimum Gasteiger partial charge on any atom is -0.496 e. The molecule has 29 heavy (non-hydrogen) atoms. The summed E-state index contributed by atoms with van der Waals surface area (Å²) in [6, 6.07) is 7.57. The van der Waals surface area contributed by atoms with Crippen LogP contribution < -0.4 is 4.74 Å². The van der Waals surface area contributed by atoms with Crippen molar-refractivity contribution in [3.8, 4) is 17.0 Å². The van der Waals surface area contributed by atoms with Crippen LogP contribution >= 0.6 is 0 Å². The van der Waals surface area contributed by atoms with Gasteiger partial charge in [-0.05, 0) is 38.1 Å². The van der Waals surface area contributed by atoms with E-state index in [0.29, 0.717) is 6.54 Å². The van der Waals surface area contributed by atoms with E-state index < -0.39 is 5.92 Å². The summed E-state index contributed by atoms with van der Waals surface area (Å²) < 4.78 is 34.2. The summed E-state index contributed by atoms with van der Waals surface area (Å²) in [7, 11) is 1.63. The molecule has 3 heterocycles. The Kier molecular flexibility index (Phi) is 6.15. The van der Waals surface area contributed by atoms with Gasteiger partial charge in [-0.3, -0.25) is 10.00 Å². The molecular weight excluding hydrogens is 374 g/mol. The monoisotopic (exact) mass is 404 g/mol. The summed E-state index contributed by atoms with van der Waals surface area (Å²) in [6.45, 7) is 3.03. The number of methoxy groups -OCH3 is 1. The summed E-state index contributed by atoms with van der Waals surface area (Å²) in [5.74, 6) is -1.89. The molecule has 0 bridgehead atoms. The van der Waals surface area contributed by atoms with E-state index >= 15 is 0 Å². The van der Waals surface area contributed by atoms with Gasteiger partial charge in [0.15, 0.2) is 0 Å². The topological polar surface area (TPSA) is 44.4 Å². The summed E-state index contributed by atoms with van der Waals surface area (Å²) >= 11 is 0. The molecule has 1 aromatic carbocycles. The number of H-pyrrole nitrogens is 1. The molecule has 0 aliphatic carbocycles. The van der Waals surface area contributed by atoms with Crippen LogP contribution in [-0.2, 0) is 6.54 Å². The number of rotatable bonds is 6. The van der Waals surface area contributed by atoms with Gasteiger partial charge in [-0.25, -0.2) is 8.78 Å². The third kappa shape index (κ3) is 4.78. The van der Waals surface area contributed by atoms with Crippen LogP contribution in [0.3, 0.4) is 0 Å². The van der Waals surface area contributed by atoms with Crippen molar-refractivity contribution in [1.29, 1.82) is 0 Å². The Morgan fingerprint density at radius 2 is 1.93 bits per heavy atom. The lowest BCUT2D eigenvalue weighted by Crippen LogP contribution is -2.40. The van der Waals surface area contributed by atoms with Gasteiger partial charge in [-0.2, -0.15) is 5.10 Å². The first-order valence-electron chi connectivity index (χ1n) is 10.6. The quantitative estimate of drug-likeness (QED) is 0.785. The number of ether oxygens (including phenoxy) is 1. The molecule has 1 atom stereocenters. The standard InChI is InChI=1S/C22H30F2N4O/c1-29-20-9-5-4-8-19(20)21-17(13-25-26-21)14-28-16-22(23,24)12-18(28)15-27-10-6-2-3-7-11-27/h4-5,8-9,13,18H,2-3,6-7,10-12,14-16H2,1H3,(H,25,26)/t18-/m0/s1. The molecule has 2 aliphatic heterocycles. The van der Waals surface area contributed by atoms with Gasteiger partial charge in [0, 0.05) is 36.7 Å². The number of aromatic amines is 1. The van der Waals surface area contributed by atoms with E-state index in [0.717, 1.165) is 42.2 Å². The molecule has 2 fully saturated rings. The molecule has 0 unspecified atom stereocenters. The average Bonchev–Trinajstić information content (AvgIpc) is 3.16. The number of hydrogen-bond acceptors (Lipinski definition) is 4. The van der Waals surface area contributed by atoms with Crippen LogP contribution in [0.25, 0.3) is 11.3 Å². The van der Waals surface area contributed by atoms with Crippen molar-refractivity contribution in [2.75, 3.05) is 33.3 Å². The van der Waals surface area contributed by atoms with Crippen LogP contribution in [0.4, 0.5) is 8.78 Å². The summed E-state index contributed by atoms with van der Waals surface area (Å²) in [6.07, 6.45) is 6.52. The van der Waals surface area contributed by atoms with E-state index in [4.69, 9.17) is 4.74 Å². The zero-order valence-electron chi connectivity index (χ0n) is 17.0. The Morgan fingerprint density at radius 1 is 1.17 bits per heavy atom. The van der Waals surface area contributed by atoms with Gasteiger partial charge in [0.2, 0.25) is 0 Å². The van der Waals surface area contributed by atoms with Gasteiger partial charge in [0.25, 0.3) is 5.92 Å². The van der Waals surface area contributed by atoms with Crippen LogP contribution in [0, 0.1) is 0 Å². The van der Waals surface area contributed by atoms with Crippen molar-refractivity contribution < 1.29 is 13.5 Å². The zero-order valence-corrected chi connectivity index (χ0v) is 17.0. The Labute approximate surface area is 171 Å². The molecular formula is C22H30F2N4O. The summed E-state index contributed by atoms with van der Waals surface area (Å²) in [4.78, 5) is 4.32. The number of hydrogen-bond donors (Lipinski definition) is 1. The maximum absolute atomic E-state index is 14.3. The predicted molar refractivity (Wildman–Crippen MR) is 109 cm³/mol. The highest BCUT2D eigenvalue weighted by Gasteiger charge is 2.45. The van der Waals surface area contributed by atoms with Crippen molar-refractivity contribution in [3.05, 3.63) is 36.0 Å². The third-order valence-electron chi connectivity index (χ3n) is 6.12. The van der Waals surface area contributed by atoms with E-state index in [-0.39, 0.29) is 19.0 Å². The van der Waals surface area contributed by atoms with Crippen LogP contribution in [0.1, 0.15) is 37.7 Å². The average molecular weight is 405 g/mol. The number of benzene rings is 1. The molecule has 2 aromatic rings. The number of nitrogens with zero attached hydrogens (tertiary/aromatic N) is 3. The first-order valence-corrected chi connectivity index (χ1v) is 10.6. The Hall–Kier alpha value is -1.99. The van der Waals surface area contributed by atoms with Crippen LogP contribution in [0.15, 0.2) is 30.5 Å². The van der Waals surface area contributed by atoms with Crippen molar-refractivity contribution in [3.63, 3.8) is 0 Å². The fraction of sp³-hybridized carbons (Fsp3) is 0.591. The maximum atomic E-state index is 14.3. The first kappa shape index (κ1) is 20.3. The molecule has 2 saturated heterocycles. The highest BCUT2D eigenvalue weighted by atomic mass is 19.3. The molecule has 0 radical (unpaired) electrons. The normalized spacial score (nSPS) is 23.2. The van der Waals surface area contributed by atoms with E-state index in [1.54, 1.807) is 13.3 Å². The molecule has 2 aliphatic rings. The number of alkyl halides is 2. The molecule has 1 aromatic heterocycles. The highest BCUT2D eigenvalue weighted by Crippen LogP contribution is 2.36. The lowest BCUT2D eigenvalue weighted by atomic mass is 10.1. The van der Waals surface area contributed by atoms with Gasteiger partial charge in [-0.1, -0.05) is 25.0 Å². The molecule has 7 heteroatoms.